The number of rotatable bonds is 8. The first-order valence-electron chi connectivity index (χ1n) is 12.9. The number of hydrogen-bond acceptors (Lipinski definition) is 18. The van der Waals surface area contributed by atoms with E-state index in [1.54, 1.807) is 0 Å². The molecule has 24 heteroatoms. The van der Waals surface area contributed by atoms with Crippen LogP contribution in [0.2, 0.25) is 0 Å². The van der Waals surface area contributed by atoms with E-state index in [9.17, 15) is 29.1 Å². The average molecular weight is 660 g/mol. The summed E-state index contributed by atoms with van der Waals surface area (Å²) in [4.78, 5) is 40.9. The molecule has 0 aliphatic carbocycles. The molecule has 7 heterocycles. The maximum absolute atomic E-state index is 13.1. The Labute approximate surface area is 245 Å². The van der Waals surface area contributed by atoms with E-state index in [0.29, 0.717) is 11.5 Å². The molecule has 3 fully saturated rings. The molecule has 11 atom stereocenters. The zero-order chi connectivity index (χ0) is 31.0. The minimum Gasteiger partial charge on any atom is -0.394 e. The summed E-state index contributed by atoms with van der Waals surface area (Å²) in [6.07, 6.45) is -5.94. The second-order valence-electron chi connectivity index (χ2n) is 10.1. The Bertz CT molecular complexity index is 1700. The number of aromatic nitrogens is 6. The number of phosphoric acid groups is 2. The number of nitrogens with two attached hydrogens (primary N) is 2. The summed E-state index contributed by atoms with van der Waals surface area (Å²) in [5.41, 5.74) is 12.6. The lowest BCUT2D eigenvalue weighted by molar-refractivity contribution is -0.0642. The molecule has 3 unspecified atom stereocenters. The minimum absolute atomic E-state index is 0.0843. The van der Waals surface area contributed by atoms with Gasteiger partial charge in [0, 0.05) is 0 Å². The highest BCUT2D eigenvalue weighted by molar-refractivity contribution is 7.47. The third kappa shape index (κ3) is 5.03. The maximum Gasteiger partial charge on any atom is 0.473 e. The molecule has 22 nitrogen and oxygen atoms in total. The van der Waals surface area contributed by atoms with Gasteiger partial charge < -0.3 is 46.3 Å². The Morgan fingerprint density at radius 3 is 2.64 bits per heavy atom. The van der Waals surface area contributed by atoms with E-state index in [1.165, 1.54) is 34.5 Å². The first kappa shape index (κ1) is 29.7. The van der Waals surface area contributed by atoms with Crippen molar-refractivity contribution in [2.24, 2.45) is 10.7 Å². The maximum atomic E-state index is 13.1. The summed E-state index contributed by atoms with van der Waals surface area (Å²) in [6.45, 7) is -1.38. The standard InChI is InChI=1S/C20H26N10O12P2/c21-15-9-17(25-3-23-15)29(5-27-9)19-11(32)12(7(1-31)38-19)40-43(33,34)37-2-8-13-14(42-44(35,36)41-13)20(39-8)30-6-28-10-16(22)24-4-26-18(10)30/h3-8,11-15,19-20,31-32H,1-2,21H2,(H,23,25)(H,33,34)(H,35,36)(H2,22,24,26)/t7-,8+,11-,12-,13+,14+,15?,19-,20+/m1/s1. The monoisotopic (exact) mass is 660 g/mol. The third-order valence-corrected chi connectivity index (χ3v) is 9.42. The number of aliphatic imine (C=N–C) groups is 1. The number of nitrogens with zero attached hydrogens (tertiary/aromatic N) is 7. The van der Waals surface area contributed by atoms with Gasteiger partial charge in [-0.05, 0) is 0 Å². The number of nitrogens with one attached hydrogen (secondary N) is 1. The number of fused-ring (bicyclic) bond motifs is 3. The number of phosphoric ester groups is 2. The molecule has 4 aliphatic rings. The van der Waals surface area contributed by atoms with E-state index in [2.05, 4.69) is 30.2 Å². The summed E-state index contributed by atoms with van der Waals surface area (Å²) in [5.74, 6) is 0.445. The molecule has 0 bridgehead atoms. The Morgan fingerprint density at radius 1 is 1.09 bits per heavy atom. The van der Waals surface area contributed by atoms with Gasteiger partial charge in [-0.1, -0.05) is 0 Å². The van der Waals surface area contributed by atoms with Crippen LogP contribution in [0.25, 0.3) is 11.2 Å². The van der Waals surface area contributed by atoms with Crippen LogP contribution in [0.1, 0.15) is 24.3 Å². The molecule has 7 rings (SSSR count). The molecule has 0 radical (unpaired) electrons. The number of nitrogen functional groups attached to an aromatic ring is 1. The normalized spacial score (nSPS) is 37.6. The van der Waals surface area contributed by atoms with Gasteiger partial charge in [-0.3, -0.25) is 32.2 Å². The fraction of sp³-hybridized carbons (Fsp3) is 0.550. The zero-order valence-corrected chi connectivity index (χ0v) is 23.9. The number of hydrogen-bond donors (Lipinski definition) is 7. The van der Waals surface area contributed by atoms with Gasteiger partial charge in [-0.15, -0.1) is 0 Å². The predicted molar refractivity (Wildman–Crippen MR) is 142 cm³/mol. The van der Waals surface area contributed by atoms with Crippen molar-refractivity contribution >= 4 is 44.8 Å². The molecule has 44 heavy (non-hydrogen) atoms. The molecule has 0 amide bonds. The van der Waals surface area contributed by atoms with Crippen LogP contribution >= 0.6 is 15.6 Å². The lowest BCUT2D eigenvalue weighted by Gasteiger charge is -2.24. The first-order valence-corrected chi connectivity index (χ1v) is 15.9. The van der Waals surface area contributed by atoms with E-state index in [1.807, 2.05) is 0 Å². The van der Waals surface area contributed by atoms with E-state index >= 15 is 0 Å². The predicted octanol–water partition coefficient (Wildman–Crippen LogP) is -1.75. The van der Waals surface area contributed by atoms with Crippen LogP contribution < -0.4 is 16.8 Å². The molecule has 0 spiro atoms. The van der Waals surface area contributed by atoms with E-state index in [-0.39, 0.29) is 17.0 Å². The number of imidazole rings is 2. The van der Waals surface area contributed by atoms with Crippen LogP contribution in [0.15, 0.2) is 24.0 Å². The lowest BCUT2D eigenvalue weighted by Crippen LogP contribution is -2.36. The third-order valence-electron chi connectivity index (χ3n) is 7.42. The van der Waals surface area contributed by atoms with Crippen molar-refractivity contribution in [1.82, 2.24) is 29.1 Å². The lowest BCUT2D eigenvalue weighted by atomic mass is 10.1. The van der Waals surface area contributed by atoms with Gasteiger partial charge in [0.1, 0.15) is 66.1 Å². The summed E-state index contributed by atoms with van der Waals surface area (Å²) < 4.78 is 60.6. The first-order chi connectivity index (χ1) is 21.0. The van der Waals surface area contributed by atoms with Gasteiger partial charge in [0.15, 0.2) is 23.9 Å². The Balaban J connectivity index is 1.06. The average Bonchev–Trinajstić information content (AvgIpc) is 3.77. The smallest absolute Gasteiger partial charge is 0.394 e. The minimum atomic E-state index is -5.01. The number of ether oxygens (including phenoxy) is 2. The second-order valence-corrected chi connectivity index (χ2v) is 12.8. The van der Waals surface area contributed by atoms with Crippen molar-refractivity contribution in [3.63, 3.8) is 0 Å². The number of aliphatic hydroxyl groups excluding tert-OH is 2. The fourth-order valence-electron chi connectivity index (χ4n) is 5.46. The molecule has 3 aromatic rings. The van der Waals surface area contributed by atoms with Gasteiger partial charge in [0.2, 0.25) is 0 Å². The van der Waals surface area contributed by atoms with E-state index < -0.39 is 84.1 Å². The molecule has 238 valence electrons. The van der Waals surface area contributed by atoms with Crippen LogP contribution in [-0.2, 0) is 36.7 Å². The van der Waals surface area contributed by atoms with Crippen LogP contribution in [0.3, 0.4) is 0 Å². The van der Waals surface area contributed by atoms with Crippen molar-refractivity contribution in [2.45, 2.75) is 55.2 Å². The topological polar surface area (TPSA) is 308 Å². The summed E-state index contributed by atoms with van der Waals surface area (Å²) in [5, 5.41) is 23.7. The van der Waals surface area contributed by atoms with Crippen LogP contribution in [0.5, 0.6) is 0 Å². The quantitative estimate of drug-likeness (QED) is 0.132. The zero-order valence-electron chi connectivity index (χ0n) is 22.2. The molecule has 0 saturated carbocycles. The number of aliphatic hydroxyl groups is 2. The van der Waals surface area contributed by atoms with Crippen molar-refractivity contribution in [3.8, 4) is 0 Å². The Morgan fingerprint density at radius 2 is 1.84 bits per heavy atom. The molecule has 0 aromatic carbocycles. The Kier molecular flexibility index (Phi) is 7.33. The summed E-state index contributed by atoms with van der Waals surface area (Å²) in [6, 6.07) is 0. The summed E-state index contributed by atoms with van der Waals surface area (Å²) >= 11 is 0. The van der Waals surface area contributed by atoms with Crippen LogP contribution in [0.4, 0.5) is 11.6 Å². The largest absolute Gasteiger partial charge is 0.473 e. The van der Waals surface area contributed by atoms with E-state index in [0.717, 1.165) is 0 Å². The fourth-order valence-corrected chi connectivity index (χ4v) is 7.56. The molecular formula is C20H26N10O12P2. The van der Waals surface area contributed by atoms with E-state index in [4.69, 9.17) is 39.0 Å². The molecular weight excluding hydrogens is 634 g/mol. The second kappa shape index (κ2) is 10.8. The highest BCUT2D eigenvalue weighted by atomic mass is 31.2. The van der Waals surface area contributed by atoms with Gasteiger partial charge in [-0.2, -0.15) is 0 Å². The van der Waals surface area contributed by atoms with Crippen molar-refractivity contribution < 1.29 is 56.7 Å². The molecule has 4 aliphatic heterocycles. The van der Waals surface area contributed by atoms with Crippen molar-refractivity contribution in [1.29, 1.82) is 0 Å². The van der Waals surface area contributed by atoms with Gasteiger partial charge in [0.25, 0.3) is 0 Å². The molecule has 3 saturated heterocycles. The van der Waals surface area contributed by atoms with Crippen molar-refractivity contribution in [3.05, 3.63) is 24.7 Å². The Hall–Kier alpha value is -2.95. The highest BCUT2D eigenvalue weighted by Crippen LogP contribution is 2.59. The van der Waals surface area contributed by atoms with Crippen LogP contribution in [0, 0.1) is 0 Å². The molecule has 3 aromatic heterocycles. The molecule has 9 N–H and O–H groups in total. The number of anilines is 2. The van der Waals surface area contributed by atoms with Crippen LogP contribution in [-0.4, -0.2) is 105 Å². The SMILES string of the molecule is Nc1ncnc2c1ncn2[C@H]1O[C@@H](COP(=O)(O)O[C@H]2[C@@H](O)[C@H](n3cnc4c3NC=NC4N)O[C@@H]2CO)[C@@H]2OP(=O)(O)O[C@@H]21. The highest BCUT2D eigenvalue weighted by Gasteiger charge is 2.58. The summed E-state index contributed by atoms with van der Waals surface area (Å²) in [7, 11) is -9.52. The van der Waals surface area contributed by atoms with Gasteiger partial charge >= 0.3 is 15.6 Å². The van der Waals surface area contributed by atoms with Gasteiger partial charge in [0.05, 0.1) is 32.2 Å². The van der Waals surface area contributed by atoms with Crippen molar-refractivity contribution in [2.75, 3.05) is 24.3 Å². The van der Waals surface area contributed by atoms with Gasteiger partial charge in [-0.25, -0.2) is 29.1 Å².